The maximum absolute atomic E-state index is 11.1. The maximum Gasteiger partial charge on any atom is 0.274 e. The molecule has 0 atom stereocenters. The van der Waals surface area contributed by atoms with E-state index in [4.69, 9.17) is 0 Å². The van der Waals surface area contributed by atoms with Gasteiger partial charge in [-0.1, -0.05) is 0 Å². The summed E-state index contributed by atoms with van der Waals surface area (Å²) < 4.78 is 1.33. The number of hydrogen-bond acceptors (Lipinski definition) is 2. The summed E-state index contributed by atoms with van der Waals surface area (Å²) in [6.07, 6.45) is 1.59. The van der Waals surface area contributed by atoms with Gasteiger partial charge in [0.1, 0.15) is 5.65 Å². The van der Waals surface area contributed by atoms with E-state index in [-0.39, 0.29) is 5.56 Å². The summed E-state index contributed by atoms with van der Waals surface area (Å²) in [7, 11) is 0. The fourth-order valence-electron chi connectivity index (χ4n) is 1.06. The summed E-state index contributed by atoms with van der Waals surface area (Å²) in [6, 6.07) is 3.27. The first kappa shape index (κ1) is 6.15. The molecular weight excluding hydrogens is 142 g/mol. The molecule has 0 aliphatic carbocycles. The second-order valence-electron chi connectivity index (χ2n) is 2.42. The van der Waals surface area contributed by atoms with Crippen LogP contribution in [0.25, 0.3) is 5.65 Å². The Bertz CT molecular complexity index is 440. The van der Waals surface area contributed by atoms with Gasteiger partial charge in [0.25, 0.3) is 5.56 Å². The molecule has 0 aliphatic heterocycles. The number of H-pyrrole nitrogens is 1. The molecule has 0 spiro atoms. The minimum Gasteiger partial charge on any atom is -0.344 e. The van der Waals surface area contributed by atoms with Crippen LogP contribution in [0.15, 0.2) is 23.1 Å². The van der Waals surface area contributed by atoms with Crippen LogP contribution in [0.1, 0.15) is 5.69 Å². The van der Waals surface area contributed by atoms with Gasteiger partial charge in [0, 0.05) is 17.8 Å². The average Bonchev–Trinajstić information content (AvgIpc) is 2.34. The van der Waals surface area contributed by atoms with Gasteiger partial charge < -0.3 is 4.98 Å². The second kappa shape index (κ2) is 1.95. The maximum atomic E-state index is 11.1. The van der Waals surface area contributed by atoms with E-state index < -0.39 is 0 Å². The molecule has 2 rings (SSSR count). The Hall–Kier alpha value is -1.58. The fourth-order valence-corrected chi connectivity index (χ4v) is 1.06. The molecule has 2 heterocycles. The van der Waals surface area contributed by atoms with E-state index in [0.29, 0.717) is 0 Å². The Morgan fingerprint density at radius 2 is 2.45 bits per heavy atom. The van der Waals surface area contributed by atoms with Crippen LogP contribution in [0, 0.1) is 6.92 Å². The number of fused-ring (bicyclic) bond motifs is 1. The smallest absolute Gasteiger partial charge is 0.274 e. The Labute approximate surface area is 62.5 Å². The Morgan fingerprint density at radius 3 is 3.27 bits per heavy atom. The lowest BCUT2D eigenvalue weighted by molar-refractivity contribution is 0.890. The van der Waals surface area contributed by atoms with Crippen LogP contribution < -0.4 is 5.56 Å². The van der Waals surface area contributed by atoms with Crippen molar-refractivity contribution in [2.75, 3.05) is 0 Å². The molecule has 2 aromatic heterocycles. The number of aromatic amines is 1. The van der Waals surface area contributed by atoms with Gasteiger partial charge in [0.15, 0.2) is 0 Å². The monoisotopic (exact) mass is 149 g/mol. The first-order valence-corrected chi connectivity index (χ1v) is 3.31. The molecular formula is C7H7N3O. The molecule has 0 amide bonds. The van der Waals surface area contributed by atoms with Crippen LogP contribution in [0.4, 0.5) is 0 Å². The third-order valence-electron chi connectivity index (χ3n) is 1.52. The van der Waals surface area contributed by atoms with Gasteiger partial charge >= 0.3 is 0 Å². The zero-order valence-electron chi connectivity index (χ0n) is 6.03. The average molecular weight is 149 g/mol. The van der Waals surface area contributed by atoms with Crippen LogP contribution in [0.2, 0.25) is 0 Å². The molecule has 0 saturated heterocycles. The molecule has 56 valence electrons. The highest BCUT2D eigenvalue weighted by Crippen LogP contribution is 1.94. The third kappa shape index (κ3) is 0.832. The van der Waals surface area contributed by atoms with Crippen molar-refractivity contribution in [2.45, 2.75) is 6.92 Å². The standard InChI is InChI=1S/C7H7N3O/c1-5-4-7(11)10-6(9-5)2-3-8-10/h2-4,9H,1H3. The molecule has 4 nitrogen and oxygen atoms in total. The third-order valence-corrected chi connectivity index (χ3v) is 1.52. The van der Waals surface area contributed by atoms with Crippen LogP contribution in [0.5, 0.6) is 0 Å². The molecule has 2 aromatic rings. The van der Waals surface area contributed by atoms with E-state index in [1.165, 1.54) is 10.6 Å². The molecule has 0 aromatic carbocycles. The topological polar surface area (TPSA) is 50.2 Å². The molecule has 0 bridgehead atoms. The highest BCUT2D eigenvalue weighted by atomic mass is 16.1. The zero-order valence-corrected chi connectivity index (χ0v) is 6.03. The number of nitrogens with one attached hydrogen (secondary N) is 1. The normalized spacial score (nSPS) is 10.6. The van der Waals surface area contributed by atoms with Crippen molar-refractivity contribution in [2.24, 2.45) is 0 Å². The predicted molar refractivity (Wildman–Crippen MR) is 40.5 cm³/mol. The van der Waals surface area contributed by atoms with Gasteiger partial charge in [0.2, 0.25) is 0 Å². The molecule has 1 N–H and O–H groups in total. The van der Waals surface area contributed by atoms with E-state index in [0.717, 1.165) is 11.3 Å². The van der Waals surface area contributed by atoms with Gasteiger partial charge in [-0.25, -0.2) is 0 Å². The van der Waals surface area contributed by atoms with Crippen LogP contribution in [-0.2, 0) is 0 Å². The molecule has 0 saturated carbocycles. The Morgan fingerprint density at radius 1 is 1.64 bits per heavy atom. The number of aromatic nitrogens is 3. The number of hydrogen-bond donors (Lipinski definition) is 1. The van der Waals surface area contributed by atoms with E-state index in [9.17, 15) is 4.79 Å². The first-order chi connectivity index (χ1) is 5.27. The molecule has 0 unspecified atom stereocenters. The van der Waals surface area contributed by atoms with Crippen molar-refractivity contribution in [3.8, 4) is 0 Å². The lowest BCUT2D eigenvalue weighted by Gasteiger charge is -1.93. The quantitative estimate of drug-likeness (QED) is 0.586. The minimum absolute atomic E-state index is 0.0961. The number of rotatable bonds is 0. The van der Waals surface area contributed by atoms with Crippen molar-refractivity contribution in [1.82, 2.24) is 14.6 Å². The number of aryl methyl sites for hydroxylation is 1. The first-order valence-electron chi connectivity index (χ1n) is 3.31. The van der Waals surface area contributed by atoms with Crippen molar-refractivity contribution >= 4 is 5.65 Å². The van der Waals surface area contributed by atoms with Crippen LogP contribution >= 0.6 is 0 Å². The lowest BCUT2D eigenvalue weighted by atomic mass is 10.4. The van der Waals surface area contributed by atoms with Crippen LogP contribution in [-0.4, -0.2) is 14.6 Å². The van der Waals surface area contributed by atoms with E-state index in [1.54, 1.807) is 12.3 Å². The van der Waals surface area contributed by atoms with Gasteiger partial charge in [-0.3, -0.25) is 4.79 Å². The van der Waals surface area contributed by atoms with E-state index in [1.807, 2.05) is 6.92 Å². The highest BCUT2D eigenvalue weighted by molar-refractivity contribution is 5.35. The molecule has 0 aliphatic rings. The SMILES string of the molecule is Cc1cc(=O)n2nccc2[nH]1. The summed E-state index contributed by atoms with van der Waals surface area (Å²) >= 11 is 0. The molecule has 11 heavy (non-hydrogen) atoms. The van der Waals surface area contributed by atoms with Crippen molar-refractivity contribution in [1.29, 1.82) is 0 Å². The molecule has 0 fully saturated rings. The highest BCUT2D eigenvalue weighted by Gasteiger charge is 1.96. The van der Waals surface area contributed by atoms with Gasteiger partial charge in [-0.2, -0.15) is 9.61 Å². The summed E-state index contributed by atoms with van der Waals surface area (Å²) in [5.41, 5.74) is 1.49. The lowest BCUT2D eigenvalue weighted by Crippen LogP contribution is -2.13. The Kier molecular flexibility index (Phi) is 1.09. The molecule has 0 radical (unpaired) electrons. The second-order valence-corrected chi connectivity index (χ2v) is 2.42. The summed E-state index contributed by atoms with van der Waals surface area (Å²) in [5, 5.41) is 3.83. The van der Waals surface area contributed by atoms with Gasteiger partial charge in [-0.05, 0) is 6.92 Å². The van der Waals surface area contributed by atoms with Gasteiger partial charge in [0.05, 0.1) is 6.20 Å². The molecule has 4 heteroatoms. The van der Waals surface area contributed by atoms with Gasteiger partial charge in [-0.15, -0.1) is 0 Å². The summed E-state index contributed by atoms with van der Waals surface area (Å²) in [5.74, 6) is 0. The number of nitrogens with zero attached hydrogens (tertiary/aromatic N) is 2. The predicted octanol–water partition coefficient (Wildman–Crippen LogP) is 0.331. The van der Waals surface area contributed by atoms with Crippen molar-refractivity contribution in [3.05, 3.63) is 34.4 Å². The van der Waals surface area contributed by atoms with E-state index >= 15 is 0 Å². The van der Waals surface area contributed by atoms with Crippen LogP contribution in [0.3, 0.4) is 0 Å². The summed E-state index contributed by atoms with van der Waals surface area (Å²) in [4.78, 5) is 14.2. The fraction of sp³-hybridized carbons (Fsp3) is 0.143. The zero-order chi connectivity index (χ0) is 7.84. The minimum atomic E-state index is -0.0961. The summed E-state index contributed by atoms with van der Waals surface area (Å²) in [6.45, 7) is 1.84. The van der Waals surface area contributed by atoms with E-state index in [2.05, 4.69) is 10.1 Å². The largest absolute Gasteiger partial charge is 0.344 e. The van der Waals surface area contributed by atoms with Crippen molar-refractivity contribution in [3.63, 3.8) is 0 Å². The Balaban J connectivity index is 3.02. The van der Waals surface area contributed by atoms with Crippen molar-refractivity contribution < 1.29 is 0 Å².